The first-order valence-corrected chi connectivity index (χ1v) is 11.0. The van der Waals surface area contributed by atoms with Crippen LogP contribution in [0.3, 0.4) is 0 Å². The molecule has 3 aromatic rings. The zero-order valence-electron chi connectivity index (χ0n) is 16.9. The predicted molar refractivity (Wildman–Crippen MR) is 119 cm³/mol. The number of benzene rings is 2. The van der Waals surface area contributed by atoms with Gasteiger partial charge in [0, 0.05) is 54.2 Å². The number of para-hydroxylation sites is 1. The van der Waals surface area contributed by atoms with Crippen LogP contribution in [0.25, 0.3) is 10.9 Å². The molecule has 1 N–H and O–H groups in total. The second kappa shape index (κ2) is 8.42. The second-order valence-corrected chi connectivity index (χ2v) is 8.50. The van der Waals surface area contributed by atoms with Gasteiger partial charge in [0.1, 0.15) is 0 Å². The monoisotopic (exact) mass is 423 g/mol. The number of H-pyrrole nitrogens is 1. The van der Waals surface area contributed by atoms with Crippen LogP contribution >= 0.6 is 11.6 Å². The van der Waals surface area contributed by atoms with Gasteiger partial charge in [-0.05, 0) is 35.7 Å². The van der Waals surface area contributed by atoms with Crippen molar-refractivity contribution >= 4 is 28.4 Å². The molecule has 5 nitrogen and oxygen atoms in total. The number of carbonyl (C=O) groups is 1. The Hall–Kier alpha value is -2.34. The number of nitrogens with one attached hydrogen (secondary N) is 1. The Morgan fingerprint density at radius 2 is 1.93 bits per heavy atom. The third-order valence-corrected chi connectivity index (χ3v) is 6.50. The molecule has 1 atom stereocenters. The number of halogens is 1. The van der Waals surface area contributed by atoms with Gasteiger partial charge < -0.3 is 14.6 Å². The lowest BCUT2D eigenvalue weighted by Gasteiger charge is -2.37. The fraction of sp³-hybridized carbons (Fsp3) is 0.375. The van der Waals surface area contributed by atoms with Crippen molar-refractivity contribution in [2.75, 3.05) is 39.4 Å². The predicted octanol–water partition coefficient (Wildman–Crippen LogP) is 4.02. The van der Waals surface area contributed by atoms with Crippen molar-refractivity contribution in [2.45, 2.75) is 18.9 Å². The zero-order valence-corrected chi connectivity index (χ0v) is 17.7. The molecule has 30 heavy (non-hydrogen) atoms. The van der Waals surface area contributed by atoms with Crippen LogP contribution in [0.1, 0.15) is 29.3 Å². The fourth-order valence-electron chi connectivity index (χ4n) is 4.75. The number of fused-ring (bicyclic) bond motifs is 3. The van der Waals surface area contributed by atoms with Crippen molar-refractivity contribution in [1.82, 2.24) is 14.8 Å². The maximum Gasteiger partial charge on any atom is 0.224 e. The van der Waals surface area contributed by atoms with E-state index in [9.17, 15) is 4.79 Å². The molecule has 1 saturated heterocycles. The minimum Gasteiger partial charge on any atom is -0.379 e. The number of aromatic nitrogens is 1. The molecule has 0 aliphatic carbocycles. The van der Waals surface area contributed by atoms with Gasteiger partial charge in [-0.1, -0.05) is 41.9 Å². The summed E-state index contributed by atoms with van der Waals surface area (Å²) in [7, 11) is 0. The summed E-state index contributed by atoms with van der Waals surface area (Å²) < 4.78 is 5.42. The highest BCUT2D eigenvalue weighted by molar-refractivity contribution is 6.30. The number of aromatic amines is 1. The highest BCUT2D eigenvalue weighted by atomic mass is 35.5. The molecule has 2 aliphatic heterocycles. The molecule has 6 heteroatoms. The van der Waals surface area contributed by atoms with E-state index in [2.05, 4.69) is 34.1 Å². The number of hydrogen-bond donors (Lipinski definition) is 1. The summed E-state index contributed by atoms with van der Waals surface area (Å²) in [5, 5.41) is 1.94. The van der Waals surface area contributed by atoms with Crippen LogP contribution in [-0.4, -0.2) is 60.1 Å². The minimum atomic E-state index is -0.142. The Kier molecular flexibility index (Phi) is 5.50. The third kappa shape index (κ3) is 3.73. The van der Waals surface area contributed by atoms with E-state index in [0.717, 1.165) is 56.0 Å². The lowest BCUT2D eigenvalue weighted by atomic mass is 9.92. The van der Waals surface area contributed by atoms with Gasteiger partial charge >= 0.3 is 0 Å². The first-order chi connectivity index (χ1) is 14.7. The highest BCUT2D eigenvalue weighted by Gasteiger charge is 2.34. The molecule has 1 aromatic heterocycles. The third-order valence-electron chi connectivity index (χ3n) is 6.26. The summed E-state index contributed by atoms with van der Waals surface area (Å²) in [6.07, 6.45) is 1.38. The maximum atomic E-state index is 13.4. The Bertz CT molecular complexity index is 1060. The Morgan fingerprint density at radius 1 is 1.10 bits per heavy atom. The molecule has 2 aliphatic rings. The Labute approximate surface area is 181 Å². The van der Waals surface area contributed by atoms with Crippen LogP contribution in [0, 0.1) is 0 Å². The van der Waals surface area contributed by atoms with Gasteiger partial charge in [0.15, 0.2) is 0 Å². The molecule has 3 heterocycles. The molecule has 0 saturated carbocycles. The van der Waals surface area contributed by atoms with Gasteiger partial charge in [0.05, 0.1) is 19.3 Å². The van der Waals surface area contributed by atoms with E-state index >= 15 is 0 Å². The van der Waals surface area contributed by atoms with Crippen molar-refractivity contribution in [2.24, 2.45) is 0 Å². The normalized spacial score (nSPS) is 19.8. The van der Waals surface area contributed by atoms with Gasteiger partial charge in [0.25, 0.3) is 0 Å². The molecular weight excluding hydrogens is 398 g/mol. The molecule has 1 fully saturated rings. The molecule has 0 radical (unpaired) electrons. The first-order valence-electron chi connectivity index (χ1n) is 10.7. The first kappa shape index (κ1) is 19.6. The number of carbonyl (C=O) groups excluding carboxylic acids is 1. The number of nitrogens with zero attached hydrogens (tertiary/aromatic N) is 2. The molecule has 5 rings (SSSR count). The smallest absolute Gasteiger partial charge is 0.224 e. The quantitative estimate of drug-likeness (QED) is 0.689. The van der Waals surface area contributed by atoms with Gasteiger partial charge in [-0.2, -0.15) is 0 Å². The number of rotatable bonds is 4. The van der Waals surface area contributed by atoms with E-state index < -0.39 is 0 Å². The van der Waals surface area contributed by atoms with E-state index in [1.165, 1.54) is 10.9 Å². The lowest BCUT2D eigenvalue weighted by Crippen LogP contribution is -2.43. The van der Waals surface area contributed by atoms with Crippen LogP contribution in [0.4, 0.5) is 0 Å². The minimum absolute atomic E-state index is 0.142. The van der Waals surface area contributed by atoms with Gasteiger partial charge in [-0.25, -0.2) is 0 Å². The van der Waals surface area contributed by atoms with Crippen molar-refractivity contribution in [3.8, 4) is 0 Å². The highest BCUT2D eigenvalue weighted by Crippen LogP contribution is 2.39. The van der Waals surface area contributed by atoms with Crippen molar-refractivity contribution in [1.29, 1.82) is 0 Å². The number of amides is 1. The summed E-state index contributed by atoms with van der Waals surface area (Å²) in [4.78, 5) is 21.3. The molecule has 0 spiro atoms. The Balaban J connectivity index is 1.47. The number of ether oxygens (including phenoxy) is 1. The number of hydrogen-bond acceptors (Lipinski definition) is 3. The fourth-order valence-corrected chi connectivity index (χ4v) is 4.95. The van der Waals surface area contributed by atoms with E-state index in [-0.39, 0.29) is 11.9 Å². The molecule has 0 unspecified atom stereocenters. The summed E-state index contributed by atoms with van der Waals surface area (Å²) in [6.45, 7) is 4.80. The van der Waals surface area contributed by atoms with Crippen LogP contribution in [-0.2, 0) is 16.0 Å². The van der Waals surface area contributed by atoms with Crippen LogP contribution in [0.2, 0.25) is 5.02 Å². The average molecular weight is 424 g/mol. The number of morpholine rings is 1. The van der Waals surface area contributed by atoms with Crippen molar-refractivity contribution in [3.05, 3.63) is 70.4 Å². The summed E-state index contributed by atoms with van der Waals surface area (Å²) in [5.41, 5.74) is 4.60. The summed E-state index contributed by atoms with van der Waals surface area (Å²) >= 11 is 6.33. The van der Waals surface area contributed by atoms with E-state index in [4.69, 9.17) is 16.3 Å². The maximum absolute atomic E-state index is 13.4. The average Bonchev–Trinajstić information content (AvgIpc) is 3.16. The second-order valence-electron chi connectivity index (χ2n) is 8.06. The Morgan fingerprint density at radius 3 is 2.77 bits per heavy atom. The van der Waals surface area contributed by atoms with E-state index in [0.29, 0.717) is 18.0 Å². The molecular formula is C24H26ClN3O2. The largest absolute Gasteiger partial charge is 0.379 e. The topological polar surface area (TPSA) is 48.6 Å². The van der Waals surface area contributed by atoms with Gasteiger partial charge in [0.2, 0.25) is 5.91 Å². The molecule has 0 bridgehead atoms. The molecule has 1 amide bonds. The molecule has 156 valence electrons. The van der Waals surface area contributed by atoms with Crippen LogP contribution < -0.4 is 0 Å². The molecule has 2 aromatic carbocycles. The lowest BCUT2D eigenvalue weighted by molar-refractivity contribution is -0.134. The van der Waals surface area contributed by atoms with Crippen molar-refractivity contribution in [3.63, 3.8) is 0 Å². The van der Waals surface area contributed by atoms with Crippen LogP contribution in [0.5, 0.6) is 0 Å². The summed E-state index contributed by atoms with van der Waals surface area (Å²) in [5.74, 6) is 0.191. The van der Waals surface area contributed by atoms with E-state index in [1.54, 1.807) is 0 Å². The van der Waals surface area contributed by atoms with E-state index in [1.807, 2.05) is 29.2 Å². The summed E-state index contributed by atoms with van der Waals surface area (Å²) in [6, 6.07) is 16.1. The standard InChI is InChI=1S/C24H26ClN3O2/c25-18-5-3-4-17(16-18)24-23-20(19-6-1-2-7-21(19)26-23)8-11-28(24)22(29)9-10-27-12-14-30-15-13-27/h1-7,16,24,26H,8-15H2/t24-/m1/s1. The van der Waals surface area contributed by atoms with Crippen molar-refractivity contribution < 1.29 is 9.53 Å². The van der Waals surface area contributed by atoms with Crippen LogP contribution in [0.15, 0.2) is 48.5 Å². The zero-order chi connectivity index (χ0) is 20.5. The SMILES string of the molecule is O=C(CCN1CCOCC1)N1CCc2c([nH]c3ccccc23)[C@H]1c1cccc(Cl)c1. The van der Waals surface area contributed by atoms with Gasteiger partial charge in [-0.15, -0.1) is 0 Å². The van der Waals surface area contributed by atoms with Gasteiger partial charge in [-0.3, -0.25) is 9.69 Å².